The minimum atomic E-state index is -0.431. The summed E-state index contributed by atoms with van der Waals surface area (Å²) in [6.45, 7) is 10.5. The third-order valence-corrected chi connectivity index (χ3v) is 5.15. The van der Waals surface area contributed by atoms with E-state index in [9.17, 15) is 4.79 Å². The molecule has 3 aromatic rings. The number of ether oxygens (including phenoxy) is 1. The number of nitrogens with zero attached hydrogens (tertiary/aromatic N) is 2. The molecule has 3 rings (SSSR count). The van der Waals surface area contributed by atoms with Crippen LogP contribution in [-0.2, 0) is 12.0 Å². The Bertz CT molecular complexity index is 978. The number of aromatic nitrogens is 2. The lowest BCUT2D eigenvalue weighted by molar-refractivity contribution is 0.0722. The molecule has 5 heteroatoms. The monoisotopic (exact) mass is 396 g/mol. The molecule has 0 saturated heterocycles. The minimum Gasteiger partial charge on any atom is -0.422 e. The fraction of sp³-hybridized carbons (Fsp3) is 0.304. The molecular weight excluding hydrogens is 372 g/mol. The van der Waals surface area contributed by atoms with E-state index in [1.165, 1.54) is 0 Å². The van der Waals surface area contributed by atoms with E-state index in [1.807, 2.05) is 50.2 Å². The molecule has 0 aliphatic rings. The highest BCUT2D eigenvalue weighted by Crippen LogP contribution is 2.27. The van der Waals surface area contributed by atoms with E-state index in [2.05, 4.69) is 25.9 Å². The van der Waals surface area contributed by atoms with Crippen molar-refractivity contribution >= 4 is 17.6 Å². The van der Waals surface area contributed by atoms with Gasteiger partial charge in [-0.3, -0.25) is 4.68 Å². The third-order valence-electron chi connectivity index (χ3n) is 4.55. The Morgan fingerprint density at radius 2 is 1.68 bits per heavy atom. The van der Waals surface area contributed by atoms with Crippen molar-refractivity contribution in [3.05, 3.63) is 81.6 Å². The van der Waals surface area contributed by atoms with Crippen molar-refractivity contribution in [2.24, 2.45) is 0 Å². The molecule has 1 aromatic heterocycles. The van der Waals surface area contributed by atoms with Crippen LogP contribution in [0, 0.1) is 13.8 Å². The topological polar surface area (TPSA) is 44.1 Å². The lowest BCUT2D eigenvalue weighted by Gasteiger charge is -2.14. The molecule has 0 aliphatic heterocycles. The third kappa shape index (κ3) is 4.45. The Morgan fingerprint density at radius 1 is 1.07 bits per heavy atom. The molecule has 0 radical (unpaired) electrons. The molecule has 4 nitrogen and oxygen atoms in total. The number of aryl methyl sites for hydroxylation is 2. The SMILES string of the molecule is Cc1cc(OC(=O)c2cc(C(C)(C)C)nn2Cc2ccccc2)cc(C)c1Cl. The zero-order chi connectivity index (χ0) is 20.5. The number of benzene rings is 2. The van der Waals surface area contributed by atoms with Gasteiger partial charge in [-0.1, -0.05) is 62.7 Å². The molecule has 0 saturated carbocycles. The lowest BCUT2D eigenvalue weighted by Crippen LogP contribution is -2.16. The number of carbonyl (C=O) groups is 1. The van der Waals surface area contributed by atoms with E-state index >= 15 is 0 Å². The summed E-state index contributed by atoms with van der Waals surface area (Å²) in [7, 11) is 0. The van der Waals surface area contributed by atoms with Gasteiger partial charge in [-0.2, -0.15) is 5.10 Å². The standard InChI is InChI=1S/C23H25ClN2O2/c1-15-11-18(12-16(2)21(15)24)28-22(27)19-13-20(23(3,4)5)25-26(19)14-17-9-7-6-8-10-17/h6-13H,14H2,1-5H3. The second kappa shape index (κ2) is 7.80. The summed E-state index contributed by atoms with van der Waals surface area (Å²) >= 11 is 6.22. The smallest absolute Gasteiger partial charge is 0.362 e. The highest BCUT2D eigenvalue weighted by atomic mass is 35.5. The van der Waals surface area contributed by atoms with Crippen molar-refractivity contribution in [3.63, 3.8) is 0 Å². The second-order valence-electron chi connectivity index (χ2n) is 8.07. The number of hydrogen-bond donors (Lipinski definition) is 0. The summed E-state index contributed by atoms with van der Waals surface area (Å²) in [5, 5.41) is 5.37. The van der Waals surface area contributed by atoms with Crippen LogP contribution >= 0.6 is 11.6 Å². The predicted molar refractivity (Wildman–Crippen MR) is 112 cm³/mol. The van der Waals surface area contributed by atoms with E-state index in [4.69, 9.17) is 16.3 Å². The van der Waals surface area contributed by atoms with Crippen molar-refractivity contribution in [3.8, 4) is 5.75 Å². The molecule has 146 valence electrons. The average molecular weight is 397 g/mol. The molecule has 0 spiro atoms. The highest BCUT2D eigenvalue weighted by molar-refractivity contribution is 6.32. The Morgan fingerprint density at radius 3 is 2.25 bits per heavy atom. The molecule has 0 unspecified atom stereocenters. The molecule has 0 aliphatic carbocycles. The predicted octanol–water partition coefficient (Wildman–Crippen LogP) is 5.72. The summed E-state index contributed by atoms with van der Waals surface area (Å²) < 4.78 is 7.38. The molecular formula is C23H25ClN2O2. The molecule has 28 heavy (non-hydrogen) atoms. The van der Waals surface area contributed by atoms with Gasteiger partial charge in [-0.05, 0) is 48.7 Å². The maximum atomic E-state index is 13.0. The molecule has 0 fully saturated rings. The summed E-state index contributed by atoms with van der Waals surface area (Å²) in [4.78, 5) is 13.0. The summed E-state index contributed by atoms with van der Waals surface area (Å²) in [5.74, 6) is 0.0502. The van der Waals surface area contributed by atoms with Gasteiger partial charge in [0.05, 0.1) is 12.2 Å². The molecule has 0 amide bonds. The highest BCUT2D eigenvalue weighted by Gasteiger charge is 2.24. The molecule has 0 atom stereocenters. The van der Waals surface area contributed by atoms with E-state index in [0.717, 1.165) is 22.4 Å². The number of carbonyl (C=O) groups excluding carboxylic acids is 1. The molecule has 0 N–H and O–H groups in total. The van der Waals surface area contributed by atoms with Crippen molar-refractivity contribution in [1.82, 2.24) is 9.78 Å². The van der Waals surface area contributed by atoms with Gasteiger partial charge in [-0.25, -0.2) is 4.79 Å². The van der Waals surface area contributed by atoms with Crippen LogP contribution in [0.25, 0.3) is 0 Å². The first kappa shape index (κ1) is 20.2. The van der Waals surface area contributed by atoms with Gasteiger partial charge in [0.25, 0.3) is 0 Å². The maximum absolute atomic E-state index is 13.0. The van der Waals surface area contributed by atoms with Gasteiger partial charge in [0.2, 0.25) is 0 Å². The van der Waals surface area contributed by atoms with Crippen LogP contribution in [0.2, 0.25) is 5.02 Å². The van der Waals surface area contributed by atoms with Crippen LogP contribution in [-0.4, -0.2) is 15.7 Å². The average Bonchev–Trinajstić information content (AvgIpc) is 3.05. The van der Waals surface area contributed by atoms with Crippen molar-refractivity contribution < 1.29 is 9.53 Å². The normalized spacial score (nSPS) is 11.5. The van der Waals surface area contributed by atoms with Crippen LogP contribution in [0.15, 0.2) is 48.5 Å². The Labute approximate surface area is 171 Å². The zero-order valence-corrected chi connectivity index (χ0v) is 17.7. The van der Waals surface area contributed by atoms with Gasteiger partial charge >= 0.3 is 5.97 Å². The van der Waals surface area contributed by atoms with Crippen LogP contribution in [0.1, 0.15) is 53.6 Å². The second-order valence-corrected chi connectivity index (χ2v) is 8.45. The van der Waals surface area contributed by atoms with Crippen LogP contribution < -0.4 is 4.74 Å². The molecule has 1 heterocycles. The summed E-state index contributed by atoms with van der Waals surface area (Å²) in [6.07, 6.45) is 0. The van der Waals surface area contributed by atoms with Crippen LogP contribution in [0.5, 0.6) is 5.75 Å². The molecule has 0 bridgehead atoms. The van der Waals surface area contributed by atoms with E-state index in [-0.39, 0.29) is 5.41 Å². The number of halogens is 1. The Balaban J connectivity index is 1.95. The fourth-order valence-corrected chi connectivity index (χ4v) is 3.06. The minimum absolute atomic E-state index is 0.176. The zero-order valence-electron chi connectivity index (χ0n) is 16.9. The van der Waals surface area contributed by atoms with Gasteiger partial charge in [0, 0.05) is 10.4 Å². The number of esters is 1. The summed E-state index contributed by atoms with van der Waals surface area (Å²) in [5.41, 5.74) is 3.91. The van der Waals surface area contributed by atoms with Crippen molar-refractivity contribution in [2.75, 3.05) is 0 Å². The van der Waals surface area contributed by atoms with E-state index in [0.29, 0.717) is 23.0 Å². The number of rotatable bonds is 4. The summed E-state index contributed by atoms with van der Waals surface area (Å²) in [6, 6.07) is 15.3. The Hall–Kier alpha value is -2.59. The first-order valence-corrected chi connectivity index (χ1v) is 9.64. The van der Waals surface area contributed by atoms with Crippen LogP contribution in [0.3, 0.4) is 0 Å². The first-order valence-electron chi connectivity index (χ1n) is 9.26. The van der Waals surface area contributed by atoms with E-state index in [1.54, 1.807) is 16.8 Å². The largest absolute Gasteiger partial charge is 0.422 e. The van der Waals surface area contributed by atoms with Crippen molar-refractivity contribution in [1.29, 1.82) is 0 Å². The van der Waals surface area contributed by atoms with Gasteiger partial charge in [0.1, 0.15) is 11.4 Å². The van der Waals surface area contributed by atoms with Gasteiger partial charge < -0.3 is 4.74 Å². The van der Waals surface area contributed by atoms with Crippen LogP contribution in [0.4, 0.5) is 0 Å². The fourth-order valence-electron chi connectivity index (χ4n) is 2.95. The van der Waals surface area contributed by atoms with Crippen molar-refractivity contribution in [2.45, 2.75) is 46.6 Å². The lowest BCUT2D eigenvalue weighted by atomic mass is 9.92. The first-order chi connectivity index (χ1) is 13.1. The quantitative estimate of drug-likeness (QED) is 0.418. The van der Waals surface area contributed by atoms with Gasteiger partial charge in [-0.15, -0.1) is 0 Å². The molecule has 2 aromatic carbocycles. The van der Waals surface area contributed by atoms with E-state index < -0.39 is 5.97 Å². The number of hydrogen-bond acceptors (Lipinski definition) is 3. The maximum Gasteiger partial charge on any atom is 0.362 e. The van der Waals surface area contributed by atoms with Gasteiger partial charge in [0.15, 0.2) is 0 Å². The Kier molecular flexibility index (Phi) is 5.61.